The van der Waals surface area contributed by atoms with Gasteiger partial charge >= 0.3 is 0 Å². The van der Waals surface area contributed by atoms with E-state index < -0.39 is 11.2 Å². The molecule has 1 heterocycles. The molecule has 1 aliphatic rings. The molecule has 0 aliphatic carbocycles. The molecule has 1 fully saturated rings. The number of rotatable bonds is 6. The minimum Gasteiger partial charge on any atom is -0.347 e. The third-order valence-corrected chi connectivity index (χ3v) is 7.81. The monoisotopic (exact) mass is 595 g/mol. The summed E-state index contributed by atoms with van der Waals surface area (Å²) in [4.78, 5) is 28.1. The smallest absolute Gasteiger partial charge is 0.264 e. The lowest BCUT2D eigenvalue weighted by Crippen LogP contribution is -2.32. The van der Waals surface area contributed by atoms with Gasteiger partial charge in [0.25, 0.3) is 5.91 Å². The average molecular weight is 597 g/mol. The lowest BCUT2D eigenvalue weighted by Gasteiger charge is -2.19. The molecule has 1 atom stereocenters. The number of hydrogen-bond donors (Lipinski definition) is 1. The Bertz CT molecular complexity index is 1290. The Morgan fingerprint density at radius 2 is 1.68 bits per heavy atom. The van der Waals surface area contributed by atoms with Gasteiger partial charge in [0.05, 0.1) is 5.25 Å². The Hall–Kier alpha value is -2.86. The van der Waals surface area contributed by atoms with Crippen molar-refractivity contribution >= 4 is 61.1 Å². The highest BCUT2D eigenvalue weighted by Crippen LogP contribution is 2.42. The Morgan fingerprint density at radius 3 is 2.35 bits per heavy atom. The van der Waals surface area contributed by atoms with Gasteiger partial charge in [-0.25, -0.2) is 0 Å². The number of nitrogens with zero attached hydrogens (tertiary/aromatic N) is 2. The number of nitrogens with one attached hydrogen (secondary N) is 1. The Morgan fingerprint density at radius 1 is 1.00 bits per heavy atom. The van der Waals surface area contributed by atoms with E-state index in [-0.39, 0.29) is 18.0 Å². The molecule has 34 heavy (non-hydrogen) atoms. The fourth-order valence-corrected chi connectivity index (χ4v) is 5.55. The molecule has 0 spiro atoms. The van der Waals surface area contributed by atoms with E-state index in [2.05, 4.69) is 37.2 Å². The second kappa shape index (κ2) is 11.0. The molecule has 1 N–H and O–H groups in total. The van der Waals surface area contributed by atoms with Gasteiger partial charge in [-0.2, -0.15) is 5.26 Å². The summed E-state index contributed by atoms with van der Waals surface area (Å²) in [6.45, 7) is 0.287. The number of halogens is 2. The second-order valence-electron chi connectivity index (χ2n) is 7.51. The van der Waals surface area contributed by atoms with Gasteiger partial charge in [-0.3, -0.25) is 14.5 Å². The van der Waals surface area contributed by atoms with Crippen molar-refractivity contribution in [1.29, 1.82) is 5.26 Å². The molecule has 5 nitrogen and oxygen atoms in total. The van der Waals surface area contributed by atoms with Crippen LogP contribution in [0.2, 0.25) is 0 Å². The van der Waals surface area contributed by atoms with Crippen molar-refractivity contribution in [2.24, 2.45) is 0 Å². The first-order chi connectivity index (χ1) is 16.5. The van der Waals surface area contributed by atoms with Crippen LogP contribution in [0, 0.1) is 11.3 Å². The maximum absolute atomic E-state index is 13.5. The molecule has 2 amide bonds. The maximum atomic E-state index is 13.5. The maximum Gasteiger partial charge on any atom is 0.264 e. The van der Waals surface area contributed by atoms with Crippen LogP contribution in [0.1, 0.15) is 11.1 Å². The zero-order valence-corrected chi connectivity index (χ0v) is 21.9. The van der Waals surface area contributed by atoms with Crippen LogP contribution in [-0.2, 0) is 22.6 Å². The quantitative estimate of drug-likeness (QED) is 0.282. The SMILES string of the molecule is N#C/C(C(=O)NCc1ccccc1)=C1/SC(Cc2ccccc2Br)C(=O)N1c1ccc(Br)cc1. The third-order valence-electron chi connectivity index (χ3n) is 5.25. The van der Waals surface area contributed by atoms with E-state index in [1.54, 1.807) is 12.1 Å². The van der Waals surface area contributed by atoms with E-state index in [1.165, 1.54) is 16.7 Å². The lowest BCUT2D eigenvalue weighted by atomic mass is 10.1. The number of nitriles is 1. The summed E-state index contributed by atoms with van der Waals surface area (Å²) in [7, 11) is 0. The predicted octanol–water partition coefficient (Wildman–Crippen LogP) is 5.95. The molecule has 0 saturated carbocycles. The van der Waals surface area contributed by atoms with Crippen molar-refractivity contribution in [2.45, 2.75) is 18.2 Å². The van der Waals surface area contributed by atoms with Crippen molar-refractivity contribution < 1.29 is 9.59 Å². The molecular weight excluding hydrogens is 578 g/mol. The molecule has 170 valence electrons. The number of thioether (sulfide) groups is 1. The van der Waals surface area contributed by atoms with Crippen LogP contribution in [-0.4, -0.2) is 17.1 Å². The van der Waals surface area contributed by atoms with E-state index >= 15 is 0 Å². The Kier molecular flexibility index (Phi) is 7.88. The molecule has 8 heteroatoms. The minimum absolute atomic E-state index is 0.0770. The molecule has 1 saturated heterocycles. The second-order valence-corrected chi connectivity index (χ2v) is 10.5. The topological polar surface area (TPSA) is 73.2 Å². The molecule has 3 aromatic carbocycles. The van der Waals surface area contributed by atoms with Crippen LogP contribution in [0.5, 0.6) is 0 Å². The highest BCUT2D eigenvalue weighted by Gasteiger charge is 2.41. The zero-order chi connectivity index (χ0) is 24.1. The largest absolute Gasteiger partial charge is 0.347 e. The van der Waals surface area contributed by atoms with Gasteiger partial charge in [0.2, 0.25) is 5.91 Å². The van der Waals surface area contributed by atoms with Crippen molar-refractivity contribution in [3.05, 3.63) is 110 Å². The fraction of sp³-hybridized carbons (Fsp3) is 0.115. The first-order valence-corrected chi connectivity index (χ1v) is 12.9. The van der Waals surface area contributed by atoms with E-state index in [9.17, 15) is 14.9 Å². The van der Waals surface area contributed by atoms with Crippen LogP contribution in [0.3, 0.4) is 0 Å². The first kappa shape index (κ1) is 24.3. The molecule has 1 aliphatic heterocycles. The Labute approximate surface area is 219 Å². The number of hydrogen-bond acceptors (Lipinski definition) is 4. The number of benzene rings is 3. The van der Waals surface area contributed by atoms with E-state index in [4.69, 9.17) is 0 Å². The molecule has 0 bridgehead atoms. The van der Waals surface area contributed by atoms with Crippen molar-refractivity contribution in [2.75, 3.05) is 4.90 Å². The van der Waals surface area contributed by atoms with Crippen LogP contribution >= 0.6 is 43.6 Å². The van der Waals surface area contributed by atoms with Crippen molar-refractivity contribution in [3.63, 3.8) is 0 Å². The summed E-state index contributed by atoms with van der Waals surface area (Å²) >= 11 is 8.21. The summed E-state index contributed by atoms with van der Waals surface area (Å²) in [5.41, 5.74) is 2.43. The van der Waals surface area contributed by atoms with Gasteiger partial charge in [0.1, 0.15) is 16.7 Å². The van der Waals surface area contributed by atoms with Gasteiger partial charge in [0.15, 0.2) is 0 Å². The van der Waals surface area contributed by atoms with Gasteiger partial charge in [0, 0.05) is 21.2 Å². The lowest BCUT2D eigenvalue weighted by molar-refractivity contribution is -0.117. The summed E-state index contributed by atoms with van der Waals surface area (Å²) in [5, 5.41) is 12.6. The third kappa shape index (κ3) is 5.44. The number of carbonyl (C=O) groups is 2. The number of amides is 2. The average Bonchev–Trinajstić information content (AvgIpc) is 3.16. The number of anilines is 1. The summed E-state index contributed by atoms with van der Waals surface area (Å²) in [6, 6.07) is 26.5. The van der Waals surface area contributed by atoms with Crippen LogP contribution in [0.25, 0.3) is 0 Å². The van der Waals surface area contributed by atoms with E-state index in [1.807, 2.05) is 72.8 Å². The molecule has 1 unspecified atom stereocenters. The molecule has 4 rings (SSSR count). The zero-order valence-electron chi connectivity index (χ0n) is 17.9. The number of carbonyl (C=O) groups excluding carboxylic acids is 2. The van der Waals surface area contributed by atoms with Crippen LogP contribution < -0.4 is 10.2 Å². The van der Waals surface area contributed by atoms with Gasteiger partial charge in [-0.15, -0.1) is 0 Å². The fourth-order valence-electron chi connectivity index (χ4n) is 3.54. The molecule has 3 aromatic rings. The Balaban J connectivity index is 1.68. The van der Waals surface area contributed by atoms with Crippen molar-refractivity contribution in [3.8, 4) is 6.07 Å². The van der Waals surface area contributed by atoms with E-state index in [0.29, 0.717) is 17.1 Å². The highest BCUT2D eigenvalue weighted by molar-refractivity contribution is 9.10. The normalized spacial score (nSPS) is 16.8. The van der Waals surface area contributed by atoms with Gasteiger partial charge in [-0.05, 0) is 47.9 Å². The summed E-state index contributed by atoms with van der Waals surface area (Å²) in [6.07, 6.45) is 0.464. The summed E-state index contributed by atoms with van der Waals surface area (Å²) in [5.74, 6) is -0.674. The van der Waals surface area contributed by atoms with Crippen molar-refractivity contribution in [1.82, 2.24) is 5.32 Å². The van der Waals surface area contributed by atoms with E-state index in [0.717, 1.165) is 20.1 Å². The van der Waals surface area contributed by atoms with Crippen LogP contribution in [0.15, 0.2) is 98.4 Å². The molecular formula is C26H19Br2N3O2S. The minimum atomic E-state index is -0.509. The molecule has 0 radical (unpaired) electrons. The standard InChI is InChI=1S/C26H19Br2N3O2S/c27-19-10-12-20(13-11-19)31-25(33)23(14-18-8-4-5-9-22(18)28)34-26(31)21(15-29)24(32)30-16-17-6-2-1-3-7-17/h1-13,23H,14,16H2,(H,30,32)/b26-21-. The van der Waals surface area contributed by atoms with Crippen LogP contribution in [0.4, 0.5) is 5.69 Å². The summed E-state index contributed by atoms with van der Waals surface area (Å²) < 4.78 is 1.78. The highest BCUT2D eigenvalue weighted by atomic mass is 79.9. The molecule has 0 aromatic heterocycles. The van der Waals surface area contributed by atoms with Gasteiger partial charge in [-0.1, -0.05) is 92.2 Å². The predicted molar refractivity (Wildman–Crippen MR) is 142 cm³/mol. The van der Waals surface area contributed by atoms with Gasteiger partial charge < -0.3 is 5.32 Å². The first-order valence-electron chi connectivity index (χ1n) is 10.4.